The molecule has 0 aliphatic carbocycles. The van der Waals surface area contributed by atoms with Crippen LogP contribution in [-0.2, 0) is 28.6 Å². The zero-order chi connectivity index (χ0) is 57.8. The quantitative estimate of drug-likeness (QED) is 0.0261. The van der Waals surface area contributed by atoms with Crippen LogP contribution in [0.2, 0.25) is 0 Å². The van der Waals surface area contributed by atoms with Crippen LogP contribution in [0.4, 0.5) is 0 Å². The van der Waals surface area contributed by atoms with Gasteiger partial charge in [-0.2, -0.15) is 0 Å². The lowest BCUT2D eigenvalue weighted by Gasteiger charge is -2.18. The van der Waals surface area contributed by atoms with Gasteiger partial charge < -0.3 is 14.2 Å². The number of unbranched alkanes of at least 4 members (excludes halogenated alkanes) is 41. The second kappa shape index (κ2) is 68.3. The fourth-order valence-corrected chi connectivity index (χ4v) is 10.2. The highest BCUT2D eigenvalue weighted by Crippen LogP contribution is 2.18. The summed E-state index contributed by atoms with van der Waals surface area (Å²) in [5.74, 6) is -0.857. The van der Waals surface area contributed by atoms with E-state index < -0.39 is 6.10 Å². The molecule has 1 unspecified atom stereocenters. The molecule has 0 spiro atoms. The molecule has 6 nitrogen and oxygen atoms in total. The van der Waals surface area contributed by atoms with Crippen LogP contribution in [0.25, 0.3) is 0 Å². The molecular formula is C74H132O6. The molecule has 0 aliphatic rings. The van der Waals surface area contributed by atoms with Crippen molar-refractivity contribution in [1.29, 1.82) is 0 Å². The molecule has 1 atom stereocenters. The Hall–Kier alpha value is -3.15. The number of ether oxygens (including phenoxy) is 3. The summed E-state index contributed by atoms with van der Waals surface area (Å²) in [6.45, 7) is 6.56. The summed E-state index contributed by atoms with van der Waals surface area (Å²) in [7, 11) is 0. The Morgan fingerprint density at radius 2 is 0.487 bits per heavy atom. The van der Waals surface area contributed by atoms with Crippen molar-refractivity contribution in [3.63, 3.8) is 0 Å². The second-order valence-electron chi connectivity index (χ2n) is 23.4. The van der Waals surface area contributed by atoms with Crippen LogP contribution in [0.15, 0.2) is 72.9 Å². The van der Waals surface area contributed by atoms with Gasteiger partial charge in [0.25, 0.3) is 0 Å². The van der Waals surface area contributed by atoms with E-state index in [9.17, 15) is 14.4 Å². The highest BCUT2D eigenvalue weighted by atomic mass is 16.6. The molecule has 0 radical (unpaired) electrons. The lowest BCUT2D eigenvalue weighted by Crippen LogP contribution is -2.30. The van der Waals surface area contributed by atoms with Crippen molar-refractivity contribution in [2.75, 3.05) is 13.2 Å². The smallest absolute Gasteiger partial charge is 0.306 e. The third-order valence-electron chi connectivity index (χ3n) is 15.4. The SMILES string of the molecule is CC/C=C\C/C=C\C/C=C\C/C=C\C/C=C\CCCCCCCCCCCCCC(=O)OCC(COC(=O)CCCCCCCCCCCC)OC(=O)CCCCCCCCCCCCCCC/C=C\CCCCCCCCCC. The van der Waals surface area contributed by atoms with E-state index in [4.69, 9.17) is 14.2 Å². The standard InChI is InChI=1S/C74H132O6/c1-4-7-10-13-16-19-22-24-26-28-30-32-34-36-37-39-40-42-44-46-48-50-52-55-58-61-64-67-73(76)79-70-71(69-78-72(75)66-63-60-57-54-21-18-15-12-9-6-3)80-74(77)68-65-62-59-56-53-51-49-47-45-43-41-38-35-33-31-29-27-25-23-20-17-14-11-8-5-2/h7,10,16,19,24,26,29-32,36-37,71H,4-6,8-9,11-15,17-18,20-23,25,27-28,33-35,38-70H2,1-3H3/b10-7-,19-16-,26-24-,31-29-,32-30-,37-36-. The molecule has 0 heterocycles. The average Bonchev–Trinajstić information content (AvgIpc) is 3.46. The van der Waals surface area contributed by atoms with E-state index in [1.165, 1.54) is 231 Å². The number of carbonyl (C=O) groups is 3. The van der Waals surface area contributed by atoms with Crippen molar-refractivity contribution in [1.82, 2.24) is 0 Å². The number of carbonyl (C=O) groups excluding carboxylic acids is 3. The third-order valence-corrected chi connectivity index (χ3v) is 15.4. The maximum atomic E-state index is 12.9. The van der Waals surface area contributed by atoms with Crippen molar-refractivity contribution < 1.29 is 28.6 Å². The topological polar surface area (TPSA) is 78.9 Å². The molecule has 464 valence electrons. The summed E-state index contributed by atoms with van der Waals surface area (Å²) in [5, 5.41) is 0. The maximum absolute atomic E-state index is 12.9. The van der Waals surface area contributed by atoms with E-state index in [0.717, 1.165) is 89.9 Å². The first kappa shape index (κ1) is 76.9. The van der Waals surface area contributed by atoms with Crippen molar-refractivity contribution in [2.45, 2.75) is 367 Å². The monoisotopic (exact) mass is 1120 g/mol. The van der Waals surface area contributed by atoms with Gasteiger partial charge in [0.2, 0.25) is 0 Å². The van der Waals surface area contributed by atoms with E-state index in [-0.39, 0.29) is 31.1 Å². The first-order chi connectivity index (χ1) is 39.5. The summed E-state index contributed by atoms with van der Waals surface area (Å²) in [6, 6.07) is 0. The lowest BCUT2D eigenvalue weighted by atomic mass is 10.0. The largest absolute Gasteiger partial charge is 0.462 e. The van der Waals surface area contributed by atoms with Gasteiger partial charge in [-0.15, -0.1) is 0 Å². The zero-order valence-corrected chi connectivity index (χ0v) is 53.3. The summed E-state index contributed by atoms with van der Waals surface area (Å²) in [5.41, 5.74) is 0. The van der Waals surface area contributed by atoms with Gasteiger partial charge in [0.15, 0.2) is 6.10 Å². The van der Waals surface area contributed by atoms with E-state index in [1.807, 2.05) is 0 Å². The van der Waals surface area contributed by atoms with Gasteiger partial charge in [-0.05, 0) is 89.9 Å². The van der Waals surface area contributed by atoms with Crippen molar-refractivity contribution in [3.05, 3.63) is 72.9 Å². The van der Waals surface area contributed by atoms with Crippen LogP contribution < -0.4 is 0 Å². The van der Waals surface area contributed by atoms with Crippen LogP contribution in [0, 0.1) is 0 Å². The summed E-state index contributed by atoms with van der Waals surface area (Å²) in [6.07, 6.45) is 89.3. The molecule has 0 bridgehead atoms. The first-order valence-electron chi connectivity index (χ1n) is 34.9. The van der Waals surface area contributed by atoms with Crippen LogP contribution in [0.3, 0.4) is 0 Å². The first-order valence-corrected chi connectivity index (χ1v) is 34.9. The third kappa shape index (κ3) is 65.7. The fraction of sp³-hybridized carbons (Fsp3) is 0.797. The fourth-order valence-electron chi connectivity index (χ4n) is 10.2. The summed E-state index contributed by atoms with van der Waals surface area (Å²) in [4.78, 5) is 38.3. The highest BCUT2D eigenvalue weighted by Gasteiger charge is 2.19. The van der Waals surface area contributed by atoms with Gasteiger partial charge >= 0.3 is 17.9 Å². The second-order valence-corrected chi connectivity index (χ2v) is 23.4. The Balaban J connectivity index is 4.19. The molecule has 0 saturated heterocycles. The Morgan fingerprint density at radius 3 is 0.775 bits per heavy atom. The molecule has 0 saturated carbocycles. The Bertz CT molecular complexity index is 1470. The Labute approximate surface area is 497 Å². The van der Waals surface area contributed by atoms with Crippen LogP contribution >= 0.6 is 0 Å². The van der Waals surface area contributed by atoms with Gasteiger partial charge in [0.05, 0.1) is 0 Å². The molecule has 0 aromatic heterocycles. The minimum Gasteiger partial charge on any atom is -0.462 e. The number of rotatable bonds is 64. The van der Waals surface area contributed by atoms with Gasteiger partial charge in [0.1, 0.15) is 13.2 Å². The number of esters is 3. The zero-order valence-electron chi connectivity index (χ0n) is 53.3. The van der Waals surface area contributed by atoms with E-state index in [2.05, 4.69) is 93.7 Å². The number of hydrogen-bond acceptors (Lipinski definition) is 6. The van der Waals surface area contributed by atoms with Gasteiger partial charge in [-0.25, -0.2) is 0 Å². The van der Waals surface area contributed by atoms with Gasteiger partial charge in [-0.3, -0.25) is 14.4 Å². The predicted octanol–water partition coefficient (Wildman–Crippen LogP) is 24.1. The van der Waals surface area contributed by atoms with Crippen molar-refractivity contribution >= 4 is 17.9 Å². The summed E-state index contributed by atoms with van der Waals surface area (Å²) >= 11 is 0. The minimum absolute atomic E-state index is 0.0716. The molecule has 0 amide bonds. The lowest BCUT2D eigenvalue weighted by molar-refractivity contribution is -0.167. The number of hydrogen-bond donors (Lipinski definition) is 0. The molecule has 80 heavy (non-hydrogen) atoms. The molecule has 0 aliphatic heterocycles. The normalized spacial score (nSPS) is 12.5. The molecule has 0 aromatic carbocycles. The highest BCUT2D eigenvalue weighted by molar-refractivity contribution is 5.71. The van der Waals surface area contributed by atoms with Crippen LogP contribution in [0.5, 0.6) is 0 Å². The molecule has 0 rings (SSSR count). The van der Waals surface area contributed by atoms with Gasteiger partial charge in [-0.1, -0.05) is 325 Å². The van der Waals surface area contributed by atoms with Gasteiger partial charge in [0, 0.05) is 19.3 Å². The van der Waals surface area contributed by atoms with Crippen LogP contribution in [0.1, 0.15) is 361 Å². The predicted molar refractivity (Wildman–Crippen MR) is 348 cm³/mol. The maximum Gasteiger partial charge on any atom is 0.306 e. The average molecular weight is 1120 g/mol. The molecule has 0 aromatic rings. The molecule has 0 N–H and O–H groups in total. The van der Waals surface area contributed by atoms with E-state index in [0.29, 0.717) is 19.3 Å². The van der Waals surface area contributed by atoms with E-state index in [1.54, 1.807) is 0 Å². The minimum atomic E-state index is -0.775. The Kier molecular flexibility index (Phi) is 65.7. The van der Waals surface area contributed by atoms with Crippen molar-refractivity contribution in [2.24, 2.45) is 0 Å². The summed E-state index contributed by atoms with van der Waals surface area (Å²) < 4.78 is 17.0. The molecular weight excluding hydrogens is 985 g/mol. The van der Waals surface area contributed by atoms with Crippen molar-refractivity contribution in [3.8, 4) is 0 Å². The number of allylic oxidation sites excluding steroid dienone is 12. The molecule has 6 heteroatoms. The Morgan fingerprint density at radius 1 is 0.263 bits per heavy atom. The van der Waals surface area contributed by atoms with Crippen LogP contribution in [-0.4, -0.2) is 37.2 Å². The molecule has 0 fully saturated rings. The van der Waals surface area contributed by atoms with E-state index >= 15 is 0 Å².